The first-order valence-corrected chi connectivity index (χ1v) is 7.26. The van der Waals surface area contributed by atoms with Crippen molar-refractivity contribution in [2.24, 2.45) is 0 Å². The third-order valence-corrected chi connectivity index (χ3v) is 3.50. The monoisotopic (exact) mass is 326 g/mol. The van der Waals surface area contributed by atoms with Crippen molar-refractivity contribution in [2.45, 2.75) is 51.8 Å². The van der Waals surface area contributed by atoms with Crippen molar-refractivity contribution >= 4 is 12.0 Å². The number of benzene rings is 1. The van der Waals surface area contributed by atoms with Crippen molar-refractivity contribution in [1.29, 1.82) is 0 Å². The molecule has 0 bridgehead atoms. The molecule has 0 radical (unpaired) electrons. The molecule has 0 spiro atoms. The average Bonchev–Trinajstić information content (AvgIpc) is 2.47. The molecule has 0 aromatic heterocycles. The Kier molecular flexibility index (Phi) is 4.32. The van der Waals surface area contributed by atoms with Gasteiger partial charge in [0.1, 0.15) is 11.1 Å². The third-order valence-electron chi connectivity index (χ3n) is 3.50. The van der Waals surface area contributed by atoms with E-state index in [-0.39, 0.29) is 13.0 Å². The van der Waals surface area contributed by atoms with E-state index in [1.807, 2.05) is 0 Å². The van der Waals surface area contributed by atoms with Gasteiger partial charge >= 0.3 is 6.09 Å². The van der Waals surface area contributed by atoms with Crippen LogP contribution in [0.4, 0.5) is 13.6 Å². The highest BCUT2D eigenvalue weighted by Crippen LogP contribution is 2.24. The summed E-state index contributed by atoms with van der Waals surface area (Å²) < 4.78 is 32.0. The summed E-state index contributed by atoms with van der Waals surface area (Å²) in [6.07, 6.45) is -0.717. The van der Waals surface area contributed by atoms with Crippen LogP contribution in [0.15, 0.2) is 12.1 Å². The highest BCUT2D eigenvalue weighted by atomic mass is 19.2. The van der Waals surface area contributed by atoms with Gasteiger partial charge in [0, 0.05) is 13.0 Å². The van der Waals surface area contributed by atoms with E-state index >= 15 is 0 Å². The molecule has 23 heavy (non-hydrogen) atoms. The maximum absolute atomic E-state index is 13.5. The Morgan fingerprint density at radius 1 is 1.26 bits per heavy atom. The lowest BCUT2D eigenvalue weighted by atomic mass is 9.91. The van der Waals surface area contributed by atoms with Crippen molar-refractivity contribution in [3.05, 3.63) is 34.9 Å². The van der Waals surface area contributed by atoms with Gasteiger partial charge < -0.3 is 15.4 Å². The van der Waals surface area contributed by atoms with E-state index in [1.54, 1.807) is 20.8 Å². The van der Waals surface area contributed by atoms with Crippen LogP contribution in [0.25, 0.3) is 0 Å². The number of carbonyl (C=O) groups excluding carboxylic acids is 2. The minimum Gasteiger partial charge on any atom is -0.444 e. The van der Waals surface area contributed by atoms with E-state index in [4.69, 9.17) is 4.74 Å². The molecule has 1 aliphatic rings. The van der Waals surface area contributed by atoms with Crippen LogP contribution in [0.2, 0.25) is 0 Å². The van der Waals surface area contributed by atoms with Crippen LogP contribution in [-0.2, 0) is 22.5 Å². The van der Waals surface area contributed by atoms with Crippen molar-refractivity contribution in [2.75, 3.05) is 0 Å². The summed E-state index contributed by atoms with van der Waals surface area (Å²) in [4.78, 5) is 24.3. The molecule has 0 saturated carbocycles. The van der Waals surface area contributed by atoms with E-state index in [0.29, 0.717) is 11.1 Å². The number of hydrogen-bond donors (Lipinski definition) is 2. The molecule has 2 rings (SSSR count). The lowest BCUT2D eigenvalue weighted by Gasteiger charge is -2.29. The molecule has 1 aliphatic heterocycles. The van der Waals surface area contributed by atoms with Gasteiger partial charge in [-0.15, -0.1) is 0 Å². The molecule has 1 aromatic carbocycles. The van der Waals surface area contributed by atoms with Gasteiger partial charge in [-0.1, -0.05) is 0 Å². The van der Waals surface area contributed by atoms with Crippen molar-refractivity contribution in [3.63, 3.8) is 0 Å². The number of nitrogens with one attached hydrogen (secondary N) is 2. The first kappa shape index (κ1) is 17.2. The SMILES string of the molecule is CC(C)(C)OC(=O)NC1(C)Cc2cc(F)c(F)cc2CNC1=O. The first-order valence-electron chi connectivity index (χ1n) is 7.26. The topological polar surface area (TPSA) is 67.4 Å². The van der Waals surface area contributed by atoms with E-state index in [2.05, 4.69) is 10.6 Å². The lowest BCUT2D eigenvalue weighted by molar-refractivity contribution is -0.127. The molecule has 2 amide bonds. The Balaban J connectivity index is 2.28. The number of hydrogen-bond acceptors (Lipinski definition) is 3. The normalized spacial score (nSPS) is 21.0. The van der Waals surface area contributed by atoms with E-state index < -0.39 is 34.8 Å². The number of alkyl carbamates (subject to hydrolysis) is 1. The molecule has 7 heteroatoms. The van der Waals surface area contributed by atoms with Crippen LogP contribution >= 0.6 is 0 Å². The van der Waals surface area contributed by atoms with Gasteiger partial charge in [-0.2, -0.15) is 0 Å². The van der Waals surface area contributed by atoms with Gasteiger partial charge in [-0.3, -0.25) is 4.79 Å². The second-order valence-electron chi connectivity index (χ2n) is 6.85. The third kappa shape index (κ3) is 3.97. The summed E-state index contributed by atoms with van der Waals surface area (Å²) in [5.74, 6) is -2.40. The van der Waals surface area contributed by atoms with Crippen molar-refractivity contribution in [3.8, 4) is 0 Å². The Morgan fingerprint density at radius 3 is 2.39 bits per heavy atom. The fourth-order valence-corrected chi connectivity index (χ4v) is 2.42. The molecule has 1 aromatic rings. The van der Waals surface area contributed by atoms with Gasteiger partial charge in [-0.05, 0) is 51.0 Å². The number of halogens is 2. The zero-order chi connectivity index (χ0) is 17.4. The predicted octanol–water partition coefficient (Wildman–Crippen LogP) is 2.42. The number of amides is 2. The van der Waals surface area contributed by atoms with Gasteiger partial charge in [0.25, 0.3) is 0 Å². The smallest absolute Gasteiger partial charge is 0.408 e. The second kappa shape index (κ2) is 5.79. The highest BCUT2D eigenvalue weighted by molar-refractivity contribution is 5.90. The molecule has 126 valence electrons. The number of rotatable bonds is 1. The molecule has 1 atom stereocenters. The summed E-state index contributed by atoms with van der Waals surface area (Å²) in [6.45, 7) is 6.69. The van der Waals surface area contributed by atoms with Gasteiger partial charge in [-0.25, -0.2) is 13.6 Å². The van der Waals surface area contributed by atoms with Crippen molar-refractivity contribution < 1.29 is 23.1 Å². The average molecular weight is 326 g/mol. The number of carbonyl (C=O) groups is 2. The number of ether oxygens (including phenoxy) is 1. The van der Waals surface area contributed by atoms with Gasteiger partial charge in [0.15, 0.2) is 11.6 Å². The van der Waals surface area contributed by atoms with Gasteiger partial charge in [0.2, 0.25) is 5.91 Å². The Hall–Kier alpha value is -2.18. The zero-order valence-corrected chi connectivity index (χ0v) is 13.5. The molecule has 2 N–H and O–H groups in total. The minimum absolute atomic E-state index is 0.0324. The molecule has 0 aliphatic carbocycles. The maximum atomic E-state index is 13.5. The molecule has 1 unspecified atom stereocenters. The molecule has 5 nitrogen and oxygen atoms in total. The molecule has 0 fully saturated rings. The fourth-order valence-electron chi connectivity index (χ4n) is 2.42. The van der Waals surface area contributed by atoms with Crippen LogP contribution in [0, 0.1) is 11.6 Å². The van der Waals surface area contributed by atoms with E-state index in [1.165, 1.54) is 6.92 Å². The Bertz CT molecular complexity index is 655. The van der Waals surface area contributed by atoms with Crippen LogP contribution < -0.4 is 10.6 Å². The molecular formula is C16H20F2N2O3. The van der Waals surface area contributed by atoms with Gasteiger partial charge in [0.05, 0.1) is 0 Å². The summed E-state index contributed by atoms with van der Waals surface area (Å²) in [6, 6.07) is 2.12. The van der Waals surface area contributed by atoms with Crippen LogP contribution in [0.1, 0.15) is 38.8 Å². The second-order valence-corrected chi connectivity index (χ2v) is 6.85. The number of fused-ring (bicyclic) bond motifs is 1. The molecule has 0 saturated heterocycles. The zero-order valence-electron chi connectivity index (χ0n) is 13.5. The Labute approximate surface area is 133 Å². The molecule has 1 heterocycles. The largest absolute Gasteiger partial charge is 0.444 e. The summed E-state index contributed by atoms with van der Waals surface area (Å²) in [5, 5.41) is 5.13. The van der Waals surface area contributed by atoms with Crippen LogP contribution in [0.3, 0.4) is 0 Å². The summed E-state index contributed by atoms with van der Waals surface area (Å²) >= 11 is 0. The quantitative estimate of drug-likeness (QED) is 0.833. The predicted molar refractivity (Wildman–Crippen MR) is 79.7 cm³/mol. The Morgan fingerprint density at radius 2 is 1.83 bits per heavy atom. The van der Waals surface area contributed by atoms with Crippen LogP contribution in [0.5, 0.6) is 0 Å². The molecular weight excluding hydrogens is 306 g/mol. The standard InChI is InChI=1S/C16H20F2N2O3/c1-15(2,3)23-14(22)20-16(4)7-9-5-11(17)12(18)6-10(9)8-19-13(16)21/h5-6H,7-8H2,1-4H3,(H,19,21)(H,20,22). The van der Waals surface area contributed by atoms with Crippen molar-refractivity contribution in [1.82, 2.24) is 10.6 Å². The lowest BCUT2D eigenvalue weighted by Crippen LogP contribution is -2.57. The fraction of sp³-hybridized carbons (Fsp3) is 0.500. The first-order chi connectivity index (χ1) is 10.5. The summed E-state index contributed by atoms with van der Waals surface area (Å²) in [5.41, 5.74) is -1.10. The highest BCUT2D eigenvalue weighted by Gasteiger charge is 2.39. The minimum atomic E-state index is -1.32. The van der Waals surface area contributed by atoms with Crippen LogP contribution in [-0.4, -0.2) is 23.1 Å². The van der Waals surface area contributed by atoms with E-state index in [9.17, 15) is 18.4 Å². The summed E-state index contributed by atoms with van der Waals surface area (Å²) in [7, 11) is 0. The van der Waals surface area contributed by atoms with E-state index in [0.717, 1.165) is 12.1 Å². The maximum Gasteiger partial charge on any atom is 0.408 e.